The molecular weight excluding hydrogens is 468 g/mol. The van der Waals surface area contributed by atoms with E-state index in [0.29, 0.717) is 24.1 Å². The van der Waals surface area contributed by atoms with E-state index >= 15 is 0 Å². The lowest BCUT2D eigenvalue weighted by atomic mass is 9.83. The Bertz CT molecular complexity index is 1310. The van der Waals surface area contributed by atoms with Crippen molar-refractivity contribution >= 4 is 11.9 Å². The van der Waals surface area contributed by atoms with Gasteiger partial charge >= 0.3 is 5.97 Å². The lowest BCUT2D eigenvalue weighted by Gasteiger charge is -2.39. The van der Waals surface area contributed by atoms with E-state index in [1.165, 1.54) is 28.9 Å². The van der Waals surface area contributed by atoms with Gasteiger partial charge < -0.3 is 9.64 Å². The average molecular weight is 496 g/mol. The van der Waals surface area contributed by atoms with Gasteiger partial charge in [-0.3, -0.25) is 19.1 Å². The van der Waals surface area contributed by atoms with Crippen molar-refractivity contribution in [3.05, 3.63) is 93.4 Å². The highest BCUT2D eigenvalue weighted by Gasteiger charge is 2.40. The second-order valence-electron chi connectivity index (χ2n) is 9.11. The smallest absolute Gasteiger partial charge is 0.313 e. The Hall–Kier alpha value is -3.88. The second kappa shape index (κ2) is 10.4. The number of hydrogen-bond donors (Lipinski definition) is 0. The van der Waals surface area contributed by atoms with Gasteiger partial charge in [0.05, 0.1) is 18.2 Å². The molecule has 0 N–H and O–H groups in total. The predicted molar refractivity (Wildman–Crippen MR) is 129 cm³/mol. The molecule has 0 bridgehead atoms. The minimum absolute atomic E-state index is 0.154. The summed E-state index contributed by atoms with van der Waals surface area (Å²) in [6.45, 7) is 5.68. The number of hydrogen-bond acceptors (Lipinski definition) is 5. The first-order valence-electron chi connectivity index (χ1n) is 11.8. The van der Waals surface area contributed by atoms with Crippen molar-refractivity contribution in [3.8, 4) is 5.75 Å². The van der Waals surface area contributed by atoms with Gasteiger partial charge in [0.1, 0.15) is 11.6 Å². The number of fused-ring (bicyclic) bond motifs is 1. The molecule has 9 heteroatoms. The van der Waals surface area contributed by atoms with Crippen LogP contribution in [0.5, 0.6) is 5.75 Å². The van der Waals surface area contributed by atoms with Gasteiger partial charge in [0.2, 0.25) is 11.2 Å². The first-order chi connectivity index (χ1) is 17.2. The summed E-state index contributed by atoms with van der Waals surface area (Å²) in [6.07, 6.45) is 1.63. The first-order valence-corrected chi connectivity index (χ1v) is 11.8. The summed E-state index contributed by atoms with van der Waals surface area (Å²) in [5.74, 6) is -3.65. The van der Waals surface area contributed by atoms with Gasteiger partial charge in [-0.05, 0) is 41.8 Å². The normalized spacial score (nSPS) is 15.4. The van der Waals surface area contributed by atoms with Gasteiger partial charge in [0.25, 0.3) is 5.91 Å². The zero-order valence-electron chi connectivity index (χ0n) is 20.3. The number of ether oxygens (including phenoxy) is 1. The Kier molecular flexibility index (Phi) is 7.28. The summed E-state index contributed by atoms with van der Waals surface area (Å²) < 4.78 is 35.4. The molecule has 0 saturated heterocycles. The van der Waals surface area contributed by atoms with E-state index in [0.717, 1.165) is 6.20 Å². The highest BCUT2D eigenvalue weighted by molar-refractivity contribution is 5.96. The zero-order valence-corrected chi connectivity index (χ0v) is 20.3. The summed E-state index contributed by atoms with van der Waals surface area (Å²) in [6, 6.07) is 11.3. The molecule has 0 saturated carbocycles. The van der Waals surface area contributed by atoms with Crippen molar-refractivity contribution in [1.29, 1.82) is 0 Å². The maximum absolute atomic E-state index is 14.3. The van der Waals surface area contributed by atoms with Crippen LogP contribution in [0.1, 0.15) is 60.8 Å². The molecule has 0 aliphatic carbocycles. The number of benzene rings is 2. The number of carbonyl (C=O) groups excluding carboxylic acids is 2. The number of rotatable bonds is 7. The van der Waals surface area contributed by atoms with Crippen LogP contribution >= 0.6 is 0 Å². The van der Waals surface area contributed by atoms with Crippen molar-refractivity contribution in [3.63, 3.8) is 0 Å². The molecule has 0 spiro atoms. The minimum atomic E-state index is -0.700. The van der Waals surface area contributed by atoms with Crippen LogP contribution in [0.15, 0.2) is 59.5 Å². The van der Waals surface area contributed by atoms with E-state index in [-0.39, 0.29) is 12.2 Å². The molecule has 7 nitrogen and oxygen atoms in total. The molecule has 1 aromatic heterocycles. The van der Waals surface area contributed by atoms with Gasteiger partial charge in [-0.25, -0.2) is 8.78 Å². The van der Waals surface area contributed by atoms with Gasteiger partial charge in [-0.15, -0.1) is 0 Å². The Morgan fingerprint density at radius 2 is 1.69 bits per heavy atom. The minimum Gasteiger partial charge on any atom is -0.420 e. The fraction of sp³-hybridized carbons (Fsp3) is 0.333. The van der Waals surface area contributed by atoms with Crippen molar-refractivity contribution in [1.82, 2.24) is 14.7 Å². The van der Waals surface area contributed by atoms with Crippen LogP contribution in [-0.4, -0.2) is 39.6 Å². The highest BCUT2D eigenvalue weighted by atomic mass is 19.1. The third-order valence-corrected chi connectivity index (χ3v) is 6.15. The van der Waals surface area contributed by atoms with Crippen LogP contribution in [0.2, 0.25) is 0 Å². The summed E-state index contributed by atoms with van der Waals surface area (Å²) >= 11 is 0. The molecule has 3 aromatic rings. The molecule has 1 aliphatic heterocycles. The van der Waals surface area contributed by atoms with Crippen LogP contribution < -0.4 is 10.2 Å². The van der Waals surface area contributed by atoms with Gasteiger partial charge in [-0.1, -0.05) is 45.0 Å². The summed E-state index contributed by atoms with van der Waals surface area (Å²) in [4.78, 5) is 40.2. The Morgan fingerprint density at radius 3 is 2.22 bits per heavy atom. The Balaban J connectivity index is 1.96. The first kappa shape index (κ1) is 25.2. The van der Waals surface area contributed by atoms with Crippen LogP contribution in [0.4, 0.5) is 8.78 Å². The third kappa shape index (κ3) is 4.91. The van der Waals surface area contributed by atoms with Crippen molar-refractivity contribution in [2.75, 3.05) is 13.1 Å². The van der Waals surface area contributed by atoms with Crippen LogP contribution in [-0.2, 0) is 4.79 Å². The van der Waals surface area contributed by atoms with E-state index in [1.807, 2.05) is 6.92 Å². The molecule has 0 radical (unpaired) electrons. The Morgan fingerprint density at radius 1 is 1.08 bits per heavy atom. The molecule has 2 aromatic carbocycles. The standard InChI is InChI=1S/C27H27F2N3O4/c1-4-11-31-15-21(23(17-7-5-9-19(28)12-17)18-8-6-10-20(29)13-18)32-24(26(31)34)25(22(33)14-30-32)36-27(35)16(2)3/h5-10,12-14,16,21,23H,4,11,15H2,1-3H3. The Labute approximate surface area is 207 Å². The molecule has 4 rings (SSSR count). The number of amides is 1. The maximum atomic E-state index is 14.3. The largest absolute Gasteiger partial charge is 0.420 e. The molecule has 1 aliphatic rings. The summed E-state index contributed by atoms with van der Waals surface area (Å²) in [5, 5.41) is 4.25. The quantitative estimate of drug-likeness (QED) is 0.456. The van der Waals surface area contributed by atoms with Crippen LogP contribution in [0, 0.1) is 17.6 Å². The fourth-order valence-corrected chi connectivity index (χ4v) is 4.50. The molecule has 36 heavy (non-hydrogen) atoms. The number of esters is 1. The fourth-order valence-electron chi connectivity index (χ4n) is 4.50. The molecule has 188 valence electrons. The number of halogens is 2. The van der Waals surface area contributed by atoms with Crippen molar-refractivity contribution in [2.45, 2.75) is 39.2 Å². The topological polar surface area (TPSA) is 81.5 Å². The lowest BCUT2D eigenvalue weighted by Crippen LogP contribution is -2.47. The second-order valence-corrected chi connectivity index (χ2v) is 9.11. The van der Waals surface area contributed by atoms with Gasteiger partial charge in [0, 0.05) is 19.0 Å². The predicted octanol–water partition coefficient (Wildman–Crippen LogP) is 4.32. The SMILES string of the molecule is CCCN1CC(C(c2cccc(F)c2)c2cccc(F)c2)n2ncc(=O)c(OC(=O)C(C)C)c2C1=O. The average Bonchev–Trinajstić information content (AvgIpc) is 2.83. The third-order valence-electron chi connectivity index (χ3n) is 6.15. The molecule has 0 fully saturated rings. The monoisotopic (exact) mass is 495 g/mol. The molecule has 2 heterocycles. The molecule has 1 atom stereocenters. The molecular formula is C27H27F2N3O4. The highest BCUT2D eigenvalue weighted by Crippen LogP contribution is 2.40. The lowest BCUT2D eigenvalue weighted by molar-refractivity contribution is -0.137. The van der Waals surface area contributed by atoms with Crippen LogP contribution in [0.25, 0.3) is 0 Å². The van der Waals surface area contributed by atoms with E-state index < -0.39 is 52.6 Å². The molecule has 1 unspecified atom stereocenters. The van der Waals surface area contributed by atoms with Gasteiger partial charge in [-0.2, -0.15) is 5.10 Å². The maximum Gasteiger partial charge on any atom is 0.313 e. The van der Waals surface area contributed by atoms with Crippen LogP contribution in [0.3, 0.4) is 0 Å². The van der Waals surface area contributed by atoms with Gasteiger partial charge in [0.15, 0.2) is 5.69 Å². The number of aromatic nitrogens is 2. The number of nitrogens with zero attached hydrogens (tertiary/aromatic N) is 3. The number of carbonyl (C=O) groups is 2. The summed E-state index contributed by atoms with van der Waals surface area (Å²) in [7, 11) is 0. The van der Waals surface area contributed by atoms with E-state index in [4.69, 9.17) is 4.74 Å². The van der Waals surface area contributed by atoms with Crippen molar-refractivity contribution < 1.29 is 23.1 Å². The van der Waals surface area contributed by atoms with E-state index in [9.17, 15) is 23.2 Å². The molecule has 1 amide bonds. The zero-order chi connectivity index (χ0) is 26.0. The van der Waals surface area contributed by atoms with E-state index in [2.05, 4.69) is 5.10 Å². The summed E-state index contributed by atoms with van der Waals surface area (Å²) in [5.41, 5.74) is 0.236. The van der Waals surface area contributed by atoms with Crippen molar-refractivity contribution in [2.24, 2.45) is 5.92 Å². The van der Waals surface area contributed by atoms with E-state index in [1.54, 1.807) is 43.0 Å².